The fourth-order valence-electron chi connectivity index (χ4n) is 3.13. The molecule has 0 atom stereocenters. The minimum absolute atomic E-state index is 0.313. The van der Waals surface area contributed by atoms with Gasteiger partial charge in [-0.3, -0.25) is 0 Å². The molecule has 0 amide bonds. The number of aromatic nitrogens is 1. The van der Waals surface area contributed by atoms with Crippen molar-refractivity contribution in [1.29, 1.82) is 0 Å². The van der Waals surface area contributed by atoms with Gasteiger partial charge in [-0.2, -0.15) is 0 Å². The van der Waals surface area contributed by atoms with Crippen molar-refractivity contribution in [2.24, 2.45) is 0 Å². The molecular weight excluding hydrogens is 296 g/mol. The number of nitrogens with zero attached hydrogens (tertiary/aromatic N) is 1. The Bertz CT molecular complexity index is 650. The zero-order valence-electron chi connectivity index (χ0n) is 12.5. The van der Waals surface area contributed by atoms with E-state index in [9.17, 15) is 0 Å². The number of thiazole rings is 1. The topological polar surface area (TPSA) is 43.4 Å². The third kappa shape index (κ3) is 2.96. The van der Waals surface area contributed by atoms with E-state index in [1.165, 1.54) is 30.7 Å². The number of fused-ring (bicyclic) bond motifs is 1. The smallest absolute Gasteiger partial charge is 0.231 e. The van der Waals surface area contributed by atoms with Gasteiger partial charge in [0.1, 0.15) is 0 Å². The van der Waals surface area contributed by atoms with Crippen LogP contribution in [0.15, 0.2) is 23.6 Å². The van der Waals surface area contributed by atoms with Crippen LogP contribution in [0.4, 0.5) is 0 Å². The van der Waals surface area contributed by atoms with E-state index in [1.807, 2.05) is 18.2 Å². The summed E-state index contributed by atoms with van der Waals surface area (Å²) >= 11 is 1.74. The lowest BCUT2D eigenvalue weighted by Crippen LogP contribution is -2.27. The largest absolute Gasteiger partial charge is 0.454 e. The molecule has 4 rings (SSSR count). The van der Waals surface area contributed by atoms with Gasteiger partial charge in [-0.1, -0.05) is 12.8 Å². The minimum Gasteiger partial charge on any atom is -0.454 e. The maximum absolute atomic E-state index is 5.43. The van der Waals surface area contributed by atoms with E-state index in [0.29, 0.717) is 6.79 Å². The molecule has 1 fully saturated rings. The van der Waals surface area contributed by atoms with E-state index in [-0.39, 0.29) is 0 Å². The summed E-state index contributed by atoms with van der Waals surface area (Å²) in [6.45, 7) is 1.34. The second-order valence-electron chi connectivity index (χ2n) is 5.88. The summed E-state index contributed by atoms with van der Waals surface area (Å²) in [6.07, 6.45) is 6.43. The molecule has 1 aromatic carbocycles. The Morgan fingerprint density at radius 2 is 2.05 bits per heavy atom. The second-order valence-corrected chi connectivity index (χ2v) is 6.82. The van der Waals surface area contributed by atoms with Crippen molar-refractivity contribution in [2.75, 3.05) is 13.3 Å². The molecule has 0 radical (unpaired) electrons. The average Bonchev–Trinajstić information content (AvgIpc) is 3.28. The summed E-state index contributed by atoms with van der Waals surface area (Å²) in [5, 5.41) is 6.96. The molecule has 0 spiro atoms. The van der Waals surface area contributed by atoms with Crippen LogP contribution < -0.4 is 14.8 Å². The van der Waals surface area contributed by atoms with Crippen LogP contribution in [0.3, 0.4) is 0 Å². The van der Waals surface area contributed by atoms with Crippen LogP contribution in [-0.2, 0) is 6.42 Å². The fraction of sp³-hybridized carbons (Fsp3) is 0.471. The van der Waals surface area contributed by atoms with Crippen LogP contribution in [0.1, 0.15) is 30.7 Å². The number of hydrogen-bond donors (Lipinski definition) is 1. The van der Waals surface area contributed by atoms with Gasteiger partial charge < -0.3 is 14.8 Å². The second kappa shape index (κ2) is 6.26. The zero-order chi connectivity index (χ0) is 14.8. The Hall–Kier alpha value is -1.59. The van der Waals surface area contributed by atoms with E-state index in [0.717, 1.165) is 41.8 Å². The minimum atomic E-state index is 0.313. The summed E-state index contributed by atoms with van der Waals surface area (Å²) in [6, 6.07) is 6.74. The Morgan fingerprint density at radius 3 is 2.95 bits per heavy atom. The standard InChI is InChI=1S/C17H20N2O2S/c1-2-4-13(3-1)18-8-7-17-19-14(10-22-17)12-5-6-15-16(9-12)21-11-20-15/h5-6,9-10,13,18H,1-4,7-8,11H2. The van der Waals surface area contributed by atoms with Gasteiger partial charge in [0.05, 0.1) is 10.7 Å². The molecule has 4 nitrogen and oxygen atoms in total. The van der Waals surface area contributed by atoms with Crippen molar-refractivity contribution in [2.45, 2.75) is 38.1 Å². The molecule has 1 N–H and O–H groups in total. The first-order valence-corrected chi connectivity index (χ1v) is 8.84. The van der Waals surface area contributed by atoms with Crippen LogP contribution in [0.2, 0.25) is 0 Å². The van der Waals surface area contributed by atoms with E-state index < -0.39 is 0 Å². The van der Waals surface area contributed by atoms with E-state index in [1.54, 1.807) is 11.3 Å². The first kappa shape index (κ1) is 14.0. The molecule has 1 aliphatic carbocycles. The molecule has 5 heteroatoms. The monoisotopic (exact) mass is 316 g/mol. The quantitative estimate of drug-likeness (QED) is 0.915. The highest BCUT2D eigenvalue weighted by Crippen LogP contribution is 2.36. The van der Waals surface area contributed by atoms with Crippen molar-refractivity contribution < 1.29 is 9.47 Å². The summed E-state index contributed by atoms with van der Waals surface area (Å²) in [4.78, 5) is 4.75. The SMILES string of the molecule is c1cc2c(cc1-c1csc(CCNC3CCCC3)n1)OCO2. The molecule has 0 bridgehead atoms. The molecule has 22 heavy (non-hydrogen) atoms. The highest BCUT2D eigenvalue weighted by atomic mass is 32.1. The molecule has 2 aliphatic rings. The number of rotatable bonds is 5. The van der Waals surface area contributed by atoms with E-state index >= 15 is 0 Å². The summed E-state index contributed by atoms with van der Waals surface area (Å²) in [5.74, 6) is 1.63. The molecule has 116 valence electrons. The first-order valence-electron chi connectivity index (χ1n) is 7.96. The van der Waals surface area contributed by atoms with Gasteiger partial charge in [0.25, 0.3) is 0 Å². The lowest BCUT2D eigenvalue weighted by molar-refractivity contribution is 0.174. The number of hydrogen-bond acceptors (Lipinski definition) is 5. The Kier molecular flexibility index (Phi) is 3.99. The lowest BCUT2D eigenvalue weighted by atomic mass is 10.1. The Morgan fingerprint density at radius 1 is 1.18 bits per heavy atom. The van der Waals surface area contributed by atoms with Gasteiger partial charge in [0.2, 0.25) is 6.79 Å². The number of nitrogens with one attached hydrogen (secondary N) is 1. The third-order valence-corrected chi connectivity index (χ3v) is 5.26. The van der Waals surface area contributed by atoms with Gasteiger partial charge in [0.15, 0.2) is 11.5 Å². The van der Waals surface area contributed by atoms with Crippen molar-refractivity contribution in [3.8, 4) is 22.8 Å². The van der Waals surface area contributed by atoms with Crippen LogP contribution in [0, 0.1) is 0 Å². The highest BCUT2D eigenvalue weighted by Gasteiger charge is 2.16. The van der Waals surface area contributed by atoms with Crippen molar-refractivity contribution in [1.82, 2.24) is 10.3 Å². The van der Waals surface area contributed by atoms with E-state index in [4.69, 9.17) is 14.5 Å². The van der Waals surface area contributed by atoms with Gasteiger partial charge >= 0.3 is 0 Å². The predicted molar refractivity (Wildman–Crippen MR) is 87.6 cm³/mol. The molecule has 1 aromatic heterocycles. The van der Waals surface area contributed by atoms with Gasteiger partial charge in [0, 0.05) is 30.0 Å². The number of ether oxygens (including phenoxy) is 2. The predicted octanol–water partition coefficient (Wildman–Crippen LogP) is 3.61. The number of benzene rings is 1. The first-order chi connectivity index (χ1) is 10.9. The van der Waals surface area contributed by atoms with Crippen molar-refractivity contribution in [3.63, 3.8) is 0 Å². The molecule has 2 heterocycles. The maximum Gasteiger partial charge on any atom is 0.231 e. The summed E-state index contributed by atoms with van der Waals surface area (Å²) < 4.78 is 10.8. The van der Waals surface area contributed by atoms with Crippen molar-refractivity contribution >= 4 is 11.3 Å². The molecule has 0 unspecified atom stereocenters. The molecule has 0 saturated heterocycles. The van der Waals surface area contributed by atoms with Crippen molar-refractivity contribution in [3.05, 3.63) is 28.6 Å². The maximum atomic E-state index is 5.43. The Labute approximate surface area is 134 Å². The Balaban J connectivity index is 1.38. The lowest BCUT2D eigenvalue weighted by Gasteiger charge is -2.10. The van der Waals surface area contributed by atoms with Crippen LogP contribution in [0.25, 0.3) is 11.3 Å². The van der Waals surface area contributed by atoms with Crippen LogP contribution in [0.5, 0.6) is 11.5 Å². The van der Waals surface area contributed by atoms with E-state index in [2.05, 4.69) is 10.7 Å². The van der Waals surface area contributed by atoms with Gasteiger partial charge in [-0.25, -0.2) is 4.98 Å². The highest BCUT2D eigenvalue weighted by molar-refractivity contribution is 7.09. The van der Waals surface area contributed by atoms with Crippen LogP contribution in [-0.4, -0.2) is 24.4 Å². The average molecular weight is 316 g/mol. The zero-order valence-corrected chi connectivity index (χ0v) is 13.3. The van der Waals surface area contributed by atoms with Gasteiger partial charge in [-0.05, 0) is 31.0 Å². The molecule has 1 saturated carbocycles. The molecule has 2 aromatic rings. The summed E-state index contributed by atoms with van der Waals surface area (Å²) in [5.41, 5.74) is 2.12. The third-order valence-electron chi connectivity index (χ3n) is 4.35. The molecular formula is C17H20N2O2S. The normalized spacial score (nSPS) is 17.3. The van der Waals surface area contributed by atoms with Crippen LogP contribution >= 0.6 is 11.3 Å². The summed E-state index contributed by atoms with van der Waals surface area (Å²) in [7, 11) is 0. The fourth-order valence-corrected chi connectivity index (χ4v) is 3.93. The van der Waals surface area contributed by atoms with Gasteiger partial charge in [-0.15, -0.1) is 11.3 Å². The molecule has 1 aliphatic heterocycles.